The van der Waals surface area contributed by atoms with E-state index in [1.165, 1.54) is 16.7 Å². The van der Waals surface area contributed by atoms with Crippen LogP contribution in [-0.2, 0) is 4.79 Å². The summed E-state index contributed by atoms with van der Waals surface area (Å²) in [5.74, 6) is -0.624. The Bertz CT molecular complexity index is 797. The first-order valence-corrected chi connectivity index (χ1v) is 9.13. The lowest BCUT2D eigenvalue weighted by Gasteiger charge is -2.36. The molecule has 0 radical (unpaired) electrons. The Kier molecular flexibility index (Phi) is 6.39. The van der Waals surface area contributed by atoms with Gasteiger partial charge in [0.25, 0.3) is 0 Å². The standard InChI is InChI=1S/C21H23FN4O/c22-19-9-4-5-10-20(19)26(12-6-11-23)21(27)17-24-13-15-25(16-14-24)18-7-2-1-3-8-18/h1-5,7-10H,6,12-17H2. The minimum absolute atomic E-state index is 0.169. The zero-order valence-corrected chi connectivity index (χ0v) is 15.2. The summed E-state index contributed by atoms with van der Waals surface area (Å²) in [7, 11) is 0. The van der Waals surface area contributed by atoms with Crippen LogP contribution in [0.2, 0.25) is 0 Å². The van der Waals surface area contributed by atoms with E-state index in [1.54, 1.807) is 18.2 Å². The molecule has 27 heavy (non-hydrogen) atoms. The lowest BCUT2D eigenvalue weighted by molar-refractivity contribution is -0.119. The van der Waals surface area contributed by atoms with Crippen LogP contribution in [0, 0.1) is 17.1 Å². The van der Waals surface area contributed by atoms with Gasteiger partial charge in [0, 0.05) is 38.4 Å². The van der Waals surface area contributed by atoms with Crippen LogP contribution in [0.15, 0.2) is 54.6 Å². The Balaban J connectivity index is 1.61. The van der Waals surface area contributed by atoms with Crippen LogP contribution in [0.3, 0.4) is 0 Å². The number of benzene rings is 2. The zero-order valence-electron chi connectivity index (χ0n) is 15.2. The molecule has 1 heterocycles. The molecule has 1 fully saturated rings. The fourth-order valence-corrected chi connectivity index (χ4v) is 3.29. The number of amides is 1. The second-order valence-electron chi connectivity index (χ2n) is 6.50. The molecule has 0 atom stereocenters. The number of carbonyl (C=O) groups excluding carboxylic acids is 1. The number of nitrogens with zero attached hydrogens (tertiary/aromatic N) is 4. The summed E-state index contributed by atoms with van der Waals surface area (Å²) in [5, 5.41) is 8.87. The molecular formula is C21H23FN4O. The van der Waals surface area contributed by atoms with Crippen LogP contribution in [0.25, 0.3) is 0 Å². The largest absolute Gasteiger partial charge is 0.369 e. The molecule has 0 bridgehead atoms. The number of anilines is 2. The van der Waals surface area contributed by atoms with Crippen molar-refractivity contribution in [3.8, 4) is 6.07 Å². The predicted octanol–water partition coefficient (Wildman–Crippen LogP) is 2.89. The maximum Gasteiger partial charge on any atom is 0.241 e. The van der Waals surface area contributed by atoms with Gasteiger partial charge >= 0.3 is 0 Å². The Labute approximate surface area is 159 Å². The third-order valence-electron chi connectivity index (χ3n) is 4.74. The number of halogens is 1. The maximum atomic E-state index is 14.1. The van der Waals surface area contributed by atoms with E-state index in [4.69, 9.17) is 5.26 Å². The Morgan fingerprint density at radius 1 is 1.04 bits per heavy atom. The second-order valence-corrected chi connectivity index (χ2v) is 6.50. The number of hydrogen-bond donors (Lipinski definition) is 0. The highest BCUT2D eigenvalue weighted by Crippen LogP contribution is 2.20. The van der Waals surface area contributed by atoms with Crippen molar-refractivity contribution in [2.45, 2.75) is 6.42 Å². The monoisotopic (exact) mass is 366 g/mol. The van der Waals surface area contributed by atoms with E-state index in [0.717, 1.165) is 26.2 Å². The van der Waals surface area contributed by atoms with E-state index in [2.05, 4.69) is 21.9 Å². The van der Waals surface area contributed by atoms with Crippen molar-refractivity contribution in [2.75, 3.05) is 49.1 Å². The molecule has 1 saturated heterocycles. The van der Waals surface area contributed by atoms with Gasteiger partial charge in [-0.15, -0.1) is 0 Å². The van der Waals surface area contributed by atoms with Gasteiger partial charge < -0.3 is 9.80 Å². The molecule has 1 amide bonds. The van der Waals surface area contributed by atoms with Gasteiger partial charge in [0.15, 0.2) is 0 Å². The van der Waals surface area contributed by atoms with Crippen LogP contribution >= 0.6 is 0 Å². The van der Waals surface area contributed by atoms with E-state index in [9.17, 15) is 9.18 Å². The van der Waals surface area contributed by atoms with Gasteiger partial charge in [-0.3, -0.25) is 9.69 Å². The highest BCUT2D eigenvalue weighted by atomic mass is 19.1. The topological polar surface area (TPSA) is 50.6 Å². The number of para-hydroxylation sites is 2. The van der Waals surface area contributed by atoms with Crippen molar-refractivity contribution in [3.63, 3.8) is 0 Å². The van der Waals surface area contributed by atoms with Crippen molar-refractivity contribution in [1.82, 2.24) is 4.90 Å². The number of nitriles is 1. The van der Waals surface area contributed by atoms with E-state index in [0.29, 0.717) is 0 Å². The molecule has 2 aromatic carbocycles. The average Bonchev–Trinajstić information content (AvgIpc) is 2.71. The highest BCUT2D eigenvalue weighted by Gasteiger charge is 2.24. The first-order chi connectivity index (χ1) is 13.2. The summed E-state index contributed by atoms with van der Waals surface area (Å²) in [6, 6.07) is 18.4. The van der Waals surface area contributed by atoms with Crippen molar-refractivity contribution in [1.29, 1.82) is 5.26 Å². The fourth-order valence-electron chi connectivity index (χ4n) is 3.29. The maximum absolute atomic E-state index is 14.1. The molecule has 0 aliphatic carbocycles. The predicted molar refractivity (Wildman–Crippen MR) is 104 cm³/mol. The van der Waals surface area contributed by atoms with Crippen molar-refractivity contribution >= 4 is 17.3 Å². The van der Waals surface area contributed by atoms with Gasteiger partial charge in [-0.1, -0.05) is 30.3 Å². The fraction of sp³-hybridized carbons (Fsp3) is 0.333. The normalized spacial score (nSPS) is 14.6. The summed E-state index contributed by atoms with van der Waals surface area (Å²) >= 11 is 0. The number of rotatable bonds is 6. The molecular weight excluding hydrogens is 343 g/mol. The smallest absolute Gasteiger partial charge is 0.241 e. The van der Waals surface area contributed by atoms with Crippen molar-refractivity contribution in [3.05, 3.63) is 60.4 Å². The van der Waals surface area contributed by atoms with Gasteiger partial charge in [-0.25, -0.2) is 4.39 Å². The summed E-state index contributed by atoms with van der Waals surface area (Å²) in [4.78, 5) is 18.6. The number of hydrogen-bond acceptors (Lipinski definition) is 4. The van der Waals surface area contributed by atoms with Gasteiger partial charge in [0.2, 0.25) is 5.91 Å². The molecule has 6 heteroatoms. The van der Waals surface area contributed by atoms with Crippen LogP contribution in [-0.4, -0.2) is 50.1 Å². The minimum atomic E-state index is -0.447. The summed E-state index contributed by atoms with van der Waals surface area (Å²) in [5.41, 5.74) is 1.42. The first-order valence-electron chi connectivity index (χ1n) is 9.13. The Morgan fingerprint density at radius 2 is 1.70 bits per heavy atom. The third kappa shape index (κ3) is 4.83. The van der Waals surface area contributed by atoms with E-state index < -0.39 is 5.82 Å². The molecule has 0 aromatic heterocycles. The molecule has 0 unspecified atom stereocenters. The van der Waals surface area contributed by atoms with Crippen LogP contribution in [0.4, 0.5) is 15.8 Å². The van der Waals surface area contributed by atoms with Crippen molar-refractivity contribution < 1.29 is 9.18 Å². The van der Waals surface area contributed by atoms with E-state index in [-0.39, 0.29) is 31.1 Å². The molecule has 1 aliphatic rings. The third-order valence-corrected chi connectivity index (χ3v) is 4.74. The number of piperazine rings is 1. The van der Waals surface area contributed by atoms with Crippen LogP contribution in [0.5, 0.6) is 0 Å². The Morgan fingerprint density at radius 3 is 2.37 bits per heavy atom. The lowest BCUT2D eigenvalue weighted by atomic mass is 10.2. The van der Waals surface area contributed by atoms with Gasteiger partial charge in [0.05, 0.1) is 24.7 Å². The average molecular weight is 366 g/mol. The molecule has 0 N–H and O–H groups in total. The van der Waals surface area contributed by atoms with Crippen LogP contribution < -0.4 is 9.80 Å². The summed E-state index contributed by atoms with van der Waals surface area (Å²) in [6.07, 6.45) is 0.169. The summed E-state index contributed by atoms with van der Waals surface area (Å²) in [6.45, 7) is 3.64. The molecule has 1 aliphatic heterocycles. The quantitative estimate of drug-likeness (QED) is 0.789. The van der Waals surface area contributed by atoms with Gasteiger partial charge in [-0.05, 0) is 24.3 Å². The second kappa shape index (κ2) is 9.15. The molecule has 0 saturated carbocycles. The molecule has 2 aromatic rings. The lowest BCUT2D eigenvalue weighted by Crippen LogP contribution is -2.50. The van der Waals surface area contributed by atoms with Crippen LogP contribution in [0.1, 0.15) is 6.42 Å². The number of carbonyl (C=O) groups is 1. The first kappa shape index (κ1) is 18.9. The summed E-state index contributed by atoms with van der Waals surface area (Å²) < 4.78 is 14.1. The molecule has 0 spiro atoms. The van der Waals surface area contributed by atoms with Gasteiger partial charge in [0.1, 0.15) is 5.82 Å². The van der Waals surface area contributed by atoms with Crippen molar-refractivity contribution in [2.24, 2.45) is 0 Å². The minimum Gasteiger partial charge on any atom is -0.369 e. The molecule has 140 valence electrons. The SMILES string of the molecule is N#CCCN(C(=O)CN1CCN(c2ccccc2)CC1)c1ccccc1F. The zero-order chi connectivity index (χ0) is 19.1. The van der Waals surface area contributed by atoms with Gasteiger partial charge in [-0.2, -0.15) is 5.26 Å². The van der Waals surface area contributed by atoms with E-state index in [1.807, 2.05) is 24.3 Å². The van der Waals surface area contributed by atoms with E-state index >= 15 is 0 Å². The molecule has 5 nitrogen and oxygen atoms in total. The highest BCUT2D eigenvalue weighted by molar-refractivity contribution is 5.95. The molecule has 3 rings (SSSR count). The Hall–Kier alpha value is -2.91.